The Morgan fingerprint density at radius 3 is 2.41 bits per heavy atom. The number of nitrogens with zero attached hydrogens (tertiary/aromatic N) is 2. The maximum atomic E-state index is 5.94. The molecule has 0 aromatic heterocycles. The van der Waals surface area contributed by atoms with Crippen molar-refractivity contribution in [3.8, 4) is 0 Å². The van der Waals surface area contributed by atoms with Gasteiger partial charge in [0.15, 0.2) is 0 Å². The lowest BCUT2D eigenvalue weighted by Gasteiger charge is -2.42. The van der Waals surface area contributed by atoms with Crippen LogP contribution in [0.25, 0.3) is 0 Å². The lowest BCUT2D eigenvalue weighted by Crippen LogP contribution is -2.50. The molecule has 94 valence electrons. The van der Waals surface area contributed by atoms with Crippen LogP contribution >= 0.6 is 0 Å². The van der Waals surface area contributed by atoms with Gasteiger partial charge in [-0.1, -0.05) is 26.0 Å². The van der Waals surface area contributed by atoms with Crippen LogP contribution in [0.2, 0.25) is 0 Å². The van der Waals surface area contributed by atoms with Crippen LogP contribution in [0.4, 0.5) is 11.4 Å². The highest BCUT2D eigenvalue weighted by atomic mass is 15.3. The molecule has 1 aromatic rings. The first kappa shape index (κ1) is 12.2. The second kappa shape index (κ2) is 4.96. The number of rotatable bonds is 3. The van der Waals surface area contributed by atoms with E-state index in [1.165, 1.54) is 11.4 Å². The summed E-state index contributed by atoms with van der Waals surface area (Å²) in [5.41, 5.74) is 8.58. The number of anilines is 2. The Hall–Kier alpha value is -1.22. The fraction of sp³-hybridized carbons (Fsp3) is 0.571. The molecule has 1 aromatic carbocycles. The van der Waals surface area contributed by atoms with Crippen LogP contribution in [0.15, 0.2) is 24.3 Å². The largest absolute Gasteiger partial charge is 0.371 e. The number of benzene rings is 1. The van der Waals surface area contributed by atoms with E-state index in [4.69, 9.17) is 5.73 Å². The van der Waals surface area contributed by atoms with Gasteiger partial charge < -0.3 is 15.5 Å². The van der Waals surface area contributed by atoms with E-state index in [-0.39, 0.29) is 0 Å². The Kier molecular flexibility index (Phi) is 3.57. The van der Waals surface area contributed by atoms with Crippen LogP contribution < -0.4 is 15.5 Å². The van der Waals surface area contributed by atoms with E-state index < -0.39 is 0 Å². The fourth-order valence-corrected chi connectivity index (χ4v) is 2.63. The Labute approximate surface area is 104 Å². The molecule has 1 heterocycles. The number of nitrogens with two attached hydrogens (primary N) is 1. The predicted octanol–water partition coefficient (Wildman–Crippen LogP) is 1.93. The van der Waals surface area contributed by atoms with Crippen molar-refractivity contribution in [3.05, 3.63) is 24.3 Å². The molecule has 0 spiro atoms. The lowest BCUT2D eigenvalue weighted by molar-refractivity contribution is 0.456. The van der Waals surface area contributed by atoms with Crippen molar-refractivity contribution >= 4 is 11.4 Å². The first-order chi connectivity index (χ1) is 8.15. The van der Waals surface area contributed by atoms with E-state index >= 15 is 0 Å². The number of para-hydroxylation sites is 2. The summed E-state index contributed by atoms with van der Waals surface area (Å²) in [4.78, 5) is 4.79. The van der Waals surface area contributed by atoms with Crippen LogP contribution in [-0.4, -0.2) is 32.7 Å². The average Bonchev–Trinajstić information content (AvgIpc) is 2.33. The van der Waals surface area contributed by atoms with Gasteiger partial charge in [-0.15, -0.1) is 0 Å². The molecule has 1 atom stereocenters. The minimum Gasteiger partial charge on any atom is -0.371 e. The van der Waals surface area contributed by atoms with Crippen molar-refractivity contribution in [3.63, 3.8) is 0 Å². The molecule has 3 nitrogen and oxygen atoms in total. The minimum atomic E-state index is 0.435. The normalized spacial score (nSPS) is 17.2. The second-order valence-electron chi connectivity index (χ2n) is 5.15. The molecule has 3 heteroatoms. The van der Waals surface area contributed by atoms with Crippen molar-refractivity contribution in [1.29, 1.82) is 0 Å². The van der Waals surface area contributed by atoms with Crippen LogP contribution in [0.3, 0.4) is 0 Å². The number of hydrogen-bond donors (Lipinski definition) is 1. The van der Waals surface area contributed by atoms with Gasteiger partial charge in [0.05, 0.1) is 11.4 Å². The topological polar surface area (TPSA) is 32.5 Å². The fourth-order valence-electron chi connectivity index (χ4n) is 2.63. The summed E-state index contributed by atoms with van der Waals surface area (Å²) in [7, 11) is 2.16. The van der Waals surface area contributed by atoms with E-state index in [1.807, 2.05) is 0 Å². The van der Waals surface area contributed by atoms with Gasteiger partial charge in [-0.2, -0.15) is 0 Å². The third-order valence-electron chi connectivity index (χ3n) is 3.69. The molecule has 2 N–H and O–H groups in total. The Balaban J connectivity index is 2.35. The molecular formula is C14H23N3. The smallest absolute Gasteiger partial charge is 0.0607 e. The van der Waals surface area contributed by atoms with Crippen LogP contribution in [0.5, 0.6) is 0 Å². The average molecular weight is 233 g/mol. The van der Waals surface area contributed by atoms with Crippen molar-refractivity contribution in [2.75, 3.05) is 36.5 Å². The molecule has 1 aliphatic rings. The van der Waals surface area contributed by atoms with Gasteiger partial charge in [0.25, 0.3) is 0 Å². The second-order valence-corrected chi connectivity index (χ2v) is 5.15. The quantitative estimate of drug-likeness (QED) is 0.866. The molecule has 0 aliphatic carbocycles. The number of likely N-dealkylation sites (N-methyl/N-ethyl adjacent to an activating group) is 1. The maximum Gasteiger partial charge on any atom is 0.0607 e. The summed E-state index contributed by atoms with van der Waals surface area (Å²) in [5.74, 6) is 0.580. The van der Waals surface area contributed by atoms with Crippen molar-refractivity contribution in [1.82, 2.24) is 0 Å². The Bertz CT molecular complexity index is 375. The van der Waals surface area contributed by atoms with Gasteiger partial charge in [0.2, 0.25) is 0 Å². The molecule has 0 radical (unpaired) electrons. The highest BCUT2D eigenvalue weighted by Crippen LogP contribution is 2.34. The molecule has 0 bridgehead atoms. The van der Waals surface area contributed by atoms with Crippen LogP contribution in [0, 0.1) is 5.92 Å². The molecule has 0 fully saturated rings. The van der Waals surface area contributed by atoms with Gasteiger partial charge >= 0.3 is 0 Å². The first-order valence-electron chi connectivity index (χ1n) is 6.42. The van der Waals surface area contributed by atoms with Crippen molar-refractivity contribution in [2.45, 2.75) is 19.9 Å². The van der Waals surface area contributed by atoms with Gasteiger partial charge in [-0.05, 0) is 18.1 Å². The van der Waals surface area contributed by atoms with Gasteiger partial charge in [-0.3, -0.25) is 0 Å². The molecular weight excluding hydrogens is 210 g/mol. The Morgan fingerprint density at radius 2 is 1.82 bits per heavy atom. The Morgan fingerprint density at radius 1 is 1.18 bits per heavy atom. The van der Waals surface area contributed by atoms with Gasteiger partial charge in [0.1, 0.15) is 0 Å². The molecule has 1 aliphatic heterocycles. The van der Waals surface area contributed by atoms with E-state index in [1.54, 1.807) is 0 Å². The third-order valence-corrected chi connectivity index (χ3v) is 3.69. The molecule has 17 heavy (non-hydrogen) atoms. The van der Waals surface area contributed by atoms with Crippen molar-refractivity contribution in [2.24, 2.45) is 11.7 Å². The zero-order valence-corrected chi connectivity index (χ0v) is 11.1. The van der Waals surface area contributed by atoms with Gasteiger partial charge in [0, 0.05) is 32.7 Å². The van der Waals surface area contributed by atoms with E-state index in [9.17, 15) is 0 Å². The number of hydrogen-bond acceptors (Lipinski definition) is 3. The van der Waals surface area contributed by atoms with E-state index in [0.29, 0.717) is 12.0 Å². The summed E-state index contributed by atoms with van der Waals surface area (Å²) < 4.78 is 0. The predicted molar refractivity (Wildman–Crippen MR) is 74.7 cm³/mol. The summed E-state index contributed by atoms with van der Waals surface area (Å²) in [6, 6.07) is 9.04. The molecule has 1 unspecified atom stereocenters. The van der Waals surface area contributed by atoms with Crippen LogP contribution in [-0.2, 0) is 0 Å². The zero-order valence-electron chi connectivity index (χ0n) is 11.1. The van der Waals surface area contributed by atoms with Crippen LogP contribution in [0.1, 0.15) is 13.8 Å². The monoisotopic (exact) mass is 233 g/mol. The van der Waals surface area contributed by atoms with E-state index in [2.05, 4.69) is 55.0 Å². The summed E-state index contributed by atoms with van der Waals surface area (Å²) in [6.45, 7) is 7.35. The lowest BCUT2D eigenvalue weighted by atomic mass is 10.00. The molecule has 0 saturated heterocycles. The summed E-state index contributed by atoms with van der Waals surface area (Å²) in [5, 5.41) is 0. The first-order valence-corrected chi connectivity index (χ1v) is 6.42. The maximum absolute atomic E-state index is 5.94. The molecule has 0 saturated carbocycles. The van der Waals surface area contributed by atoms with Crippen molar-refractivity contribution < 1.29 is 0 Å². The summed E-state index contributed by atoms with van der Waals surface area (Å²) in [6.07, 6.45) is 0. The number of fused-ring (bicyclic) bond motifs is 1. The SMILES string of the molecule is CC(C)C(CN)N1CCN(C)c2ccccc21. The van der Waals surface area contributed by atoms with E-state index in [0.717, 1.165) is 19.6 Å². The highest BCUT2D eigenvalue weighted by Gasteiger charge is 2.26. The standard InChI is InChI=1S/C14H23N3/c1-11(2)14(10-15)17-9-8-16(3)12-6-4-5-7-13(12)17/h4-7,11,14H,8-10,15H2,1-3H3. The van der Waals surface area contributed by atoms with Gasteiger partial charge in [-0.25, -0.2) is 0 Å². The third kappa shape index (κ3) is 2.25. The zero-order chi connectivity index (χ0) is 12.4. The highest BCUT2D eigenvalue weighted by molar-refractivity contribution is 5.73. The minimum absolute atomic E-state index is 0.435. The summed E-state index contributed by atoms with van der Waals surface area (Å²) >= 11 is 0. The molecule has 2 rings (SSSR count). The molecule has 0 amide bonds.